The fraction of sp³-hybridized carbons (Fsp3) is 0.0870. The molecule has 0 bridgehead atoms. The summed E-state index contributed by atoms with van der Waals surface area (Å²) in [5, 5.41) is 20.1. The van der Waals surface area contributed by atoms with E-state index in [9.17, 15) is 19.8 Å². The normalized spacial score (nSPS) is 15.6. The van der Waals surface area contributed by atoms with Gasteiger partial charge in [0.1, 0.15) is 34.5 Å². The van der Waals surface area contributed by atoms with Crippen LogP contribution in [0.3, 0.4) is 0 Å². The van der Waals surface area contributed by atoms with Gasteiger partial charge in [-0.05, 0) is 29.3 Å². The molecule has 2 aromatic heterocycles. The van der Waals surface area contributed by atoms with Gasteiger partial charge in [0.2, 0.25) is 5.43 Å². The lowest BCUT2D eigenvalue weighted by Crippen LogP contribution is -2.22. The molecule has 148 valence electrons. The van der Waals surface area contributed by atoms with Crippen LogP contribution in [0.2, 0.25) is 0 Å². The Morgan fingerprint density at radius 1 is 1.07 bits per heavy atom. The van der Waals surface area contributed by atoms with Crippen LogP contribution in [0.4, 0.5) is 0 Å². The number of aromatic nitrogens is 1. The lowest BCUT2D eigenvalue weighted by molar-refractivity contribution is -0.135. The number of esters is 1. The Kier molecular flexibility index (Phi) is 4.03. The number of rotatable bonds is 2. The number of ether oxygens (including phenoxy) is 1. The number of carbonyl (C=O) groups is 1. The van der Waals surface area contributed by atoms with Gasteiger partial charge in [-0.25, -0.2) is 0 Å². The summed E-state index contributed by atoms with van der Waals surface area (Å²) in [6, 6.07) is 11.0. The second-order valence-corrected chi connectivity index (χ2v) is 7.05. The third-order valence-electron chi connectivity index (χ3n) is 5.24. The first kappa shape index (κ1) is 17.9. The van der Waals surface area contributed by atoms with Crippen LogP contribution in [0.5, 0.6) is 17.2 Å². The summed E-state index contributed by atoms with van der Waals surface area (Å²) in [4.78, 5) is 29.5. The van der Waals surface area contributed by atoms with Gasteiger partial charge in [-0.1, -0.05) is 18.2 Å². The molecule has 3 heterocycles. The van der Waals surface area contributed by atoms with E-state index in [-0.39, 0.29) is 40.2 Å². The van der Waals surface area contributed by atoms with Crippen LogP contribution in [0.15, 0.2) is 70.3 Å². The highest BCUT2D eigenvalue weighted by Crippen LogP contribution is 2.45. The average molecular weight is 401 g/mol. The zero-order valence-electron chi connectivity index (χ0n) is 15.5. The van der Waals surface area contributed by atoms with E-state index in [4.69, 9.17) is 9.15 Å². The summed E-state index contributed by atoms with van der Waals surface area (Å²) in [5.41, 5.74) is 1.81. The summed E-state index contributed by atoms with van der Waals surface area (Å²) in [6.45, 7) is 0. The molecule has 0 amide bonds. The monoisotopic (exact) mass is 401 g/mol. The zero-order valence-corrected chi connectivity index (χ0v) is 15.5. The van der Waals surface area contributed by atoms with Crippen molar-refractivity contribution in [3.05, 3.63) is 82.5 Å². The van der Waals surface area contributed by atoms with E-state index in [0.717, 1.165) is 5.56 Å². The number of pyridine rings is 1. The van der Waals surface area contributed by atoms with Crippen molar-refractivity contribution in [1.82, 2.24) is 4.98 Å². The smallest absolute Gasteiger partial charge is 0.312 e. The predicted octanol–water partition coefficient (Wildman–Crippen LogP) is 3.71. The van der Waals surface area contributed by atoms with E-state index < -0.39 is 17.3 Å². The number of phenolic OH excluding ortho intramolecular Hbond substituents is 2. The van der Waals surface area contributed by atoms with Gasteiger partial charge in [0, 0.05) is 29.9 Å². The number of aromatic hydroxyl groups is 2. The van der Waals surface area contributed by atoms with Crippen LogP contribution in [0.25, 0.3) is 22.1 Å². The van der Waals surface area contributed by atoms with Gasteiger partial charge in [0.05, 0.1) is 12.0 Å². The Balaban J connectivity index is 1.79. The number of benzene rings is 2. The molecule has 0 spiro atoms. The molecule has 0 radical (unpaired) electrons. The van der Waals surface area contributed by atoms with Gasteiger partial charge in [-0.3, -0.25) is 14.6 Å². The second kappa shape index (κ2) is 6.73. The Bertz CT molecular complexity index is 1340. The van der Waals surface area contributed by atoms with Gasteiger partial charge in [0.15, 0.2) is 0 Å². The lowest BCUT2D eigenvalue weighted by atomic mass is 9.85. The molecule has 0 saturated heterocycles. The Morgan fingerprint density at radius 3 is 2.60 bits per heavy atom. The van der Waals surface area contributed by atoms with Gasteiger partial charge in [-0.15, -0.1) is 0 Å². The fourth-order valence-electron chi connectivity index (χ4n) is 3.84. The minimum Gasteiger partial charge on any atom is -0.508 e. The van der Waals surface area contributed by atoms with Crippen molar-refractivity contribution in [3.63, 3.8) is 0 Å². The van der Waals surface area contributed by atoms with Crippen LogP contribution in [0, 0.1) is 0 Å². The first-order valence-electron chi connectivity index (χ1n) is 9.24. The Hall–Kier alpha value is -4.13. The number of carbonyl (C=O) groups excluding carboxylic acids is 1. The highest BCUT2D eigenvalue weighted by molar-refractivity contribution is 5.94. The topological polar surface area (TPSA) is 110 Å². The van der Waals surface area contributed by atoms with Gasteiger partial charge < -0.3 is 19.4 Å². The van der Waals surface area contributed by atoms with Crippen LogP contribution in [0.1, 0.15) is 23.5 Å². The summed E-state index contributed by atoms with van der Waals surface area (Å²) in [5.74, 6) is -0.982. The van der Waals surface area contributed by atoms with Crippen LogP contribution >= 0.6 is 0 Å². The number of nitrogens with zero attached hydrogens (tertiary/aromatic N) is 1. The Labute approximate surface area is 169 Å². The molecule has 1 aliphatic rings. The SMILES string of the molecule is O=C1C[C@@H](c2cccnc2)c2c(cc(O)c3c(=O)c(-c4ccc(O)cc4)coc23)O1. The molecule has 7 nitrogen and oxygen atoms in total. The highest BCUT2D eigenvalue weighted by atomic mass is 16.5. The molecule has 7 heteroatoms. The quantitative estimate of drug-likeness (QED) is 0.389. The fourth-order valence-corrected chi connectivity index (χ4v) is 3.84. The summed E-state index contributed by atoms with van der Waals surface area (Å²) in [7, 11) is 0. The van der Waals surface area contributed by atoms with E-state index in [1.54, 1.807) is 30.6 Å². The summed E-state index contributed by atoms with van der Waals surface area (Å²) in [6.07, 6.45) is 4.65. The molecule has 2 N–H and O–H groups in total. The molecule has 0 fully saturated rings. The molecular formula is C23H15NO6. The molecule has 5 rings (SSSR count). The average Bonchev–Trinajstić information content (AvgIpc) is 2.74. The zero-order chi connectivity index (χ0) is 20.8. The molecule has 1 atom stereocenters. The minimum absolute atomic E-state index is 0.00571. The molecular weight excluding hydrogens is 386 g/mol. The molecule has 0 saturated carbocycles. The maximum absolute atomic E-state index is 13.2. The van der Waals surface area contributed by atoms with E-state index in [0.29, 0.717) is 11.1 Å². The first-order chi connectivity index (χ1) is 14.5. The van der Waals surface area contributed by atoms with Crippen LogP contribution in [-0.4, -0.2) is 21.2 Å². The van der Waals surface area contributed by atoms with Crippen LogP contribution < -0.4 is 10.2 Å². The molecule has 4 aromatic rings. The van der Waals surface area contributed by atoms with Crippen molar-refractivity contribution >= 4 is 16.9 Å². The van der Waals surface area contributed by atoms with E-state index in [2.05, 4.69) is 4.98 Å². The van der Waals surface area contributed by atoms with Crippen molar-refractivity contribution in [1.29, 1.82) is 0 Å². The second-order valence-electron chi connectivity index (χ2n) is 7.05. The third kappa shape index (κ3) is 2.79. The molecule has 30 heavy (non-hydrogen) atoms. The van der Waals surface area contributed by atoms with Gasteiger partial charge in [-0.2, -0.15) is 0 Å². The van der Waals surface area contributed by atoms with Crippen molar-refractivity contribution in [2.75, 3.05) is 0 Å². The van der Waals surface area contributed by atoms with Crippen molar-refractivity contribution in [2.24, 2.45) is 0 Å². The lowest BCUT2D eigenvalue weighted by Gasteiger charge is -2.25. The Morgan fingerprint density at radius 2 is 1.87 bits per heavy atom. The number of phenols is 2. The number of hydrogen-bond donors (Lipinski definition) is 2. The van der Waals surface area contributed by atoms with E-state index >= 15 is 0 Å². The largest absolute Gasteiger partial charge is 0.508 e. The summed E-state index contributed by atoms with van der Waals surface area (Å²) >= 11 is 0. The maximum Gasteiger partial charge on any atom is 0.312 e. The molecule has 2 aromatic carbocycles. The summed E-state index contributed by atoms with van der Waals surface area (Å²) < 4.78 is 11.2. The molecule has 0 unspecified atom stereocenters. The number of fused-ring (bicyclic) bond motifs is 3. The highest BCUT2D eigenvalue weighted by Gasteiger charge is 2.33. The predicted molar refractivity (Wildman–Crippen MR) is 108 cm³/mol. The van der Waals surface area contributed by atoms with E-state index in [1.165, 1.54) is 24.5 Å². The van der Waals surface area contributed by atoms with Gasteiger partial charge in [0.25, 0.3) is 0 Å². The number of hydrogen-bond acceptors (Lipinski definition) is 7. The van der Waals surface area contributed by atoms with Crippen molar-refractivity contribution < 1.29 is 24.2 Å². The van der Waals surface area contributed by atoms with Crippen molar-refractivity contribution in [2.45, 2.75) is 12.3 Å². The minimum atomic E-state index is -0.446. The van der Waals surface area contributed by atoms with Crippen LogP contribution in [-0.2, 0) is 4.79 Å². The van der Waals surface area contributed by atoms with E-state index in [1.807, 2.05) is 6.07 Å². The maximum atomic E-state index is 13.2. The molecule has 1 aliphatic heterocycles. The molecule has 0 aliphatic carbocycles. The first-order valence-corrected chi connectivity index (χ1v) is 9.24. The van der Waals surface area contributed by atoms with Gasteiger partial charge >= 0.3 is 5.97 Å². The van der Waals surface area contributed by atoms with Crippen molar-refractivity contribution in [3.8, 4) is 28.4 Å². The standard InChI is InChI=1S/C23H15NO6/c25-14-5-3-12(4-6-14)16-11-29-23-20-15(13-2-1-7-24-10-13)8-19(27)30-18(20)9-17(26)21(23)22(16)28/h1-7,9-11,15,25-26H,8H2/t15-/m0/s1. The third-order valence-corrected chi connectivity index (χ3v) is 5.24.